The van der Waals surface area contributed by atoms with Crippen LogP contribution in [0.4, 0.5) is 8.78 Å². The van der Waals surface area contributed by atoms with E-state index in [1.807, 2.05) is 6.92 Å². The van der Waals surface area contributed by atoms with Gasteiger partial charge in [0.2, 0.25) is 0 Å². The molecule has 0 fully saturated rings. The number of alkyl halides is 1. The van der Waals surface area contributed by atoms with Crippen molar-refractivity contribution in [2.24, 2.45) is 0 Å². The SMILES string of the molecule is Cc1ccc(F)c(-n2c(CCCl)nc3ccc(F)cc32)c1. The summed E-state index contributed by atoms with van der Waals surface area (Å²) < 4.78 is 29.4. The molecular formula is C16H13ClF2N2. The lowest BCUT2D eigenvalue weighted by Crippen LogP contribution is -2.05. The highest BCUT2D eigenvalue weighted by Gasteiger charge is 2.15. The van der Waals surface area contributed by atoms with E-state index in [0.29, 0.717) is 34.8 Å². The number of aromatic nitrogens is 2. The molecule has 2 nitrogen and oxygen atoms in total. The Morgan fingerprint density at radius 1 is 1.14 bits per heavy atom. The van der Waals surface area contributed by atoms with E-state index in [-0.39, 0.29) is 11.6 Å². The lowest BCUT2D eigenvalue weighted by Gasteiger charge is -2.10. The first-order chi connectivity index (χ1) is 10.1. The molecule has 0 aliphatic rings. The van der Waals surface area contributed by atoms with E-state index in [1.165, 1.54) is 18.2 Å². The quantitative estimate of drug-likeness (QED) is 0.656. The van der Waals surface area contributed by atoms with E-state index in [2.05, 4.69) is 4.98 Å². The van der Waals surface area contributed by atoms with Crippen LogP contribution in [0.5, 0.6) is 0 Å². The van der Waals surface area contributed by atoms with Crippen LogP contribution in [-0.4, -0.2) is 15.4 Å². The Morgan fingerprint density at radius 2 is 1.95 bits per heavy atom. The standard InChI is InChI=1S/C16H13ClF2N2/c1-10-2-4-12(19)14(8-10)21-15-9-11(18)3-5-13(15)20-16(21)6-7-17/h2-5,8-9H,6-7H2,1H3. The van der Waals surface area contributed by atoms with Crippen LogP contribution in [0.1, 0.15) is 11.4 Å². The first kappa shape index (κ1) is 14.0. The van der Waals surface area contributed by atoms with Crippen molar-refractivity contribution < 1.29 is 8.78 Å². The summed E-state index contributed by atoms with van der Waals surface area (Å²) in [6, 6.07) is 9.12. The third-order valence-corrected chi connectivity index (χ3v) is 3.54. The van der Waals surface area contributed by atoms with E-state index >= 15 is 0 Å². The van der Waals surface area contributed by atoms with Crippen molar-refractivity contribution in [2.45, 2.75) is 13.3 Å². The van der Waals surface area contributed by atoms with Crippen LogP contribution in [-0.2, 0) is 6.42 Å². The highest BCUT2D eigenvalue weighted by molar-refractivity contribution is 6.17. The topological polar surface area (TPSA) is 17.8 Å². The molecule has 1 aromatic heterocycles. The summed E-state index contributed by atoms with van der Waals surface area (Å²) in [7, 11) is 0. The van der Waals surface area contributed by atoms with Crippen LogP contribution in [0.15, 0.2) is 36.4 Å². The molecule has 0 saturated heterocycles. The van der Waals surface area contributed by atoms with Gasteiger partial charge in [0.1, 0.15) is 17.5 Å². The minimum atomic E-state index is -0.380. The van der Waals surface area contributed by atoms with Gasteiger partial charge in [-0.3, -0.25) is 4.57 Å². The fourth-order valence-electron chi connectivity index (χ4n) is 2.41. The Balaban J connectivity index is 2.35. The second-order valence-electron chi connectivity index (χ2n) is 4.89. The van der Waals surface area contributed by atoms with Crippen molar-refractivity contribution >= 4 is 22.6 Å². The van der Waals surface area contributed by atoms with Gasteiger partial charge in [0.15, 0.2) is 0 Å². The molecule has 108 valence electrons. The highest BCUT2D eigenvalue weighted by atomic mass is 35.5. The summed E-state index contributed by atoms with van der Waals surface area (Å²) in [5.41, 5.74) is 2.45. The van der Waals surface area contributed by atoms with E-state index in [0.717, 1.165) is 5.56 Å². The first-order valence-electron chi connectivity index (χ1n) is 6.59. The number of aryl methyl sites for hydroxylation is 2. The summed E-state index contributed by atoms with van der Waals surface area (Å²) in [5.74, 6) is 0.225. The zero-order chi connectivity index (χ0) is 15.0. The lowest BCUT2D eigenvalue weighted by molar-refractivity contribution is 0.615. The Bertz CT molecular complexity index is 811. The molecule has 0 aliphatic heterocycles. The van der Waals surface area contributed by atoms with Crippen molar-refractivity contribution in [1.82, 2.24) is 9.55 Å². The van der Waals surface area contributed by atoms with Crippen LogP contribution in [0.2, 0.25) is 0 Å². The molecule has 1 heterocycles. The van der Waals surface area contributed by atoms with Gasteiger partial charge in [-0.25, -0.2) is 13.8 Å². The van der Waals surface area contributed by atoms with Crippen LogP contribution >= 0.6 is 11.6 Å². The summed E-state index contributed by atoms with van der Waals surface area (Å²) in [6.07, 6.45) is 0.477. The first-order valence-corrected chi connectivity index (χ1v) is 7.13. The molecule has 2 aromatic carbocycles. The second kappa shape index (κ2) is 5.45. The van der Waals surface area contributed by atoms with Gasteiger partial charge in [-0.1, -0.05) is 6.07 Å². The summed E-state index contributed by atoms with van der Waals surface area (Å²) in [6.45, 7) is 1.88. The van der Waals surface area contributed by atoms with Crippen molar-refractivity contribution in [3.63, 3.8) is 0 Å². The maximum Gasteiger partial charge on any atom is 0.147 e. The Kier molecular flexibility index (Phi) is 3.64. The van der Waals surface area contributed by atoms with Gasteiger partial charge in [-0.15, -0.1) is 11.6 Å². The number of fused-ring (bicyclic) bond motifs is 1. The third kappa shape index (κ3) is 2.51. The minimum absolute atomic E-state index is 0.360. The van der Waals surface area contributed by atoms with Crippen LogP contribution in [0, 0.1) is 18.6 Å². The highest BCUT2D eigenvalue weighted by Crippen LogP contribution is 2.25. The fourth-order valence-corrected chi connectivity index (χ4v) is 2.58. The molecule has 0 N–H and O–H groups in total. The summed E-state index contributed by atoms with van der Waals surface area (Å²) in [5, 5.41) is 0. The van der Waals surface area contributed by atoms with Gasteiger partial charge < -0.3 is 0 Å². The van der Waals surface area contributed by atoms with E-state index in [4.69, 9.17) is 11.6 Å². The van der Waals surface area contributed by atoms with Crippen molar-refractivity contribution in [1.29, 1.82) is 0 Å². The van der Waals surface area contributed by atoms with Gasteiger partial charge in [0.25, 0.3) is 0 Å². The Morgan fingerprint density at radius 3 is 2.71 bits per heavy atom. The molecule has 0 spiro atoms. The van der Waals surface area contributed by atoms with E-state index in [1.54, 1.807) is 22.8 Å². The average molecular weight is 307 g/mol. The van der Waals surface area contributed by atoms with Crippen LogP contribution in [0.25, 0.3) is 16.7 Å². The lowest BCUT2D eigenvalue weighted by atomic mass is 10.2. The molecule has 0 saturated carbocycles. The fraction of sp³-hybridized carbons (Fsp3) is 0.188. The van der Waals surface area contributed by atoms with Crippen molar-refractivity contribution in [3.05, 3.63) is 59.4 Å². The molecule has 0 aliphatic carbocycles. The molecule has 5 heteroatoms. The second-order valence-corrected chi connectivity index (χ2v) is 5.27. The molecule has 21 heavy (non-hydrogen) atoms. The normalized spacial score (nSPS) is 11.2. The summed E-state index contributed by atoms with van der Waals surface area (Å²) >= 11 is 5.80. The van der Waals surface area contributed by atoms with Gasteiger partial charge in [0, 0.05) is 18.4 Å². The molecular weight excluding hydrogens is 294 g/mol. The van der Waals surface area contributed by atoms with Crippen LogP contribution in [0.3, 0.4) is 0 Å². The number of hydrogen-bond donors (Lipinski definition) is 0. The Hall–Kier alpha value is -1.94. The average Bonchev–Trinajstić information content (AvgIpc) is 2.79. The number of imidazole rings is 1. The monoisotopic (exact) mass is 306 g/mol. The van der Waals surface area contributed by atoms with Gasteiger partial charge in [0.05, 0.1) is 16.7 Å². The minimum Gasteiger partial charge on any atom is -0.293 e. The smallest absolute Gasteiger partial charge is 0.147 e. The molecule has 3 aromatic rings. The molecule has 0 bridgehead atoms. The molecule has 0 atom stereocenters. The zero-order valence-electron chi connectivity index (χ0n) is 11.4. The maximum absolute atomic E-state index is 14.2. The number of rotatable bonds is 3. The molecule has 0 unspecified atom stereocenters. The van der Waals surface area contributed by atoms with Gasteiger partial charge in [-0.2, -0.15) is 0 Å². The molecule has 0 radical (unpaired) electrons. The van der Waals surface area contributed by atoms with Crippen LogP contribution < -0.4 is 0 Å². The third-order valence-electron chi connectivity index (χ3n) is 3.35. The summed E-state index contributed by atoms with van der Waals surface area (Å²) in [4.78, 5) is 4.44. The molecule has 0 amide bonds. The number of nitrogens with zero attached hydrogens (tertiary/aromatic N) is 2. The van der Waals surface area contributed by atoms with Crippen molar-refractivity contribution in [3.8, 4) is 5.69 Å². The predicted octanol–water partition coefficient (Wildman–Crippen LogP) is 4.39. The largest absolute Gasteiger partial charge is 0.293 e. The maximum atomic E-state index is 14.2. The molecule has 3 rings (SSSR count). The Labute approximate surface area is 126 Å². The predicted molar refractivity (Wildman–Crippen MR) is 80.1 cm³/mol. The number of halogens is 3. The van der Waals surface area contributed by atoms with Gasteiger partial charge in [-0.05, 0) is 36.8 Å². The van der Waals surface area contributed by atoms with E-state index < -0.39 is 0 Å². The van der Waals surface area contributed by atoms with Gasteiger partial charge >= 0.3 is 0 Å². The zero-order valence-corrected chi connectivity index (χ0v) is 12.2. The number of hydrogen-bond acceptors (Lipinski definition) is 1. The van der Waals surface area contributed by atoms with Crippen molar-refractivity contribution in [2.75, 3.05) is 5.88 Å². The number of benzene rings is 2. The van der Waals surface area contributed by atoms with E-state index in [9.17, 15) is 8.78 Å².